The SMILES string of the molecule is CONC(=O)Nc1cccc(I)c1. The van der Waals surface area contributed by atoms with Crippen LogP contribution in [0.25, 0.3) is 0 Å². The van der Waals surface area contributed by atoms with Crippen molar-refractivity contribution in [2.75, 3.05) is 12.4 Å². The fourth-order valence-electron chi connectivity index (χ4n) is 0.816. The second-order valence-electron chi connectivity index (χ2n) is 2.27. The molecule has 70 valence electrons. The third-order valence-corrected chi connectivity index (χ3v) is 1.95. The third-order valence-electron chi connectivity index (χ3n) is 1.28. The lowest BCUT2D eigenvalue weighted by Gasteiger charge is -2.04. The predicted molar refractivity (Wildman–Crippen MR) is 58.3 cm³/mol. The van der Waals surface area contributed by atoms with Gasteiger partial charge in [-0.25, -0.2) is 10.3 Å². The summed E-state index contributed by atoms with van der Waals surface area (Å²) in [5.41, 5.74) is 2.90. The number of halogens is 1. The molecule has 0 spiro atoms. The first kappa shape index (κ1) is 10.3. The van der Waals surface area contributed by atoms with Crippen molar-refractivity contribution in [2.45, 2.75) is 0 Å². The van der Waals surface area contributed by atoms with Gasteiger partial charge in [0.15, 0.2) is 0 Å². The zero-order chi connectivity index (χ0) is 9.68. The number of carbonyl (C=O) groups is 1. The zero-order valence-corrected chi connectivity index (χ0v) is 9.16. The maximum Gasteiger partial charge on any atom is 0.343 e. The molecule has 2 N–H and O–H groups in total. The highest BCUT2D eigenvalue weighted by Gasteiger charge is 1.99. The van der Waals surface area contributed by atoms with Gasteiger partial charge in [0.25, 0.3) is 0 Å². The van der Waals surface area contributed by atoms with Gasteiger partial charge in [-0.05, 0) is 40.8 Å². The second kappa shape index (κ2) is 5.03. The van der Waals surface area contributed by atoms with Gasteiger partial charge in [-0.3, -0.25) is 4.84 Å². The Morgan fingerprint density at radius 1 is 1.54 bits per heavy atom. The van der Waals surface area contributed by atoms with E-state index >= 15 is 0 Å². The van der Waals surface area contributed by atoms with Crippen LogP contribution in [0.5, 0.6) is 0 Å². The Balaban J connectivity index is 2.58. The molecular weight excluding hydrogens is 283 g/mol. The maximum absolute atomic E-state index is 11.0. The van der Waals surface area contributed by atoms with Crippen LogP contribution in [0.1, 0.15) is 0 Å². The van der Waals surface area contributed by atoms with E-state index in [9.17, 15) is 4.79 Å². The van der Waals surface area contributed by atoms with E-state index in [4.69, 9.17) is 0 Å². The summed E-state index contributed by atoms with van der Waals surface area (Å²) in [6.07, 6.45) is 0. The van der Waals surface area contributed by atoms with Crippen LogP contribution in [0.3, 0.4) is 0 Å². The summed E-state index contributed by atoms with van der Waals surface area (Å²) in [7, 11) is 1.38. The molecule has 0 unspecified atom stereocenters. The number of anilines is 1. The highest BCUT2D eigenvalue weighted by atomic mass is 127. The van der Waals surface area contributed by atoms with Crippen molar-refractivity contribution >= 4 is 34.3 Å². The molecule has 0 fully saturated rings. The summed E-state index contributed by atoms with van der Waals surface area (Å²) in [4.78, 5) is 15.4. The Morgan fingerprint density at radius 3 is 2.92 bits per heavy atom. The lowest BCUT2D eigenvalue weighted by atomic mass is 10.3. The summed E-state index contributed by atoms with van der Waals surface area (Å²) in [6, 6.07) is 7.08. The van der Waals surface area contributed by atoms with Gasteiger partial charge in [-0.2, -0.15) is 0 Å². The van der Waals surface area contributed by atoms with Crippen molar-refractivity contribution in [3.05, 3.63) is 27.8 Å². The Morgan fingerprint density at radius 2 is 2.31 bits per heavy atom. The highest BCUT2D eigenvalue weighted by molar-refractivity contribution is 14.1. The Labute approximate surface area is 89.8 Å². The normalized spacial score (nSPS) is 9.38. The second-order valence-corrected chi connectivity index (χ2v) is 3.52. The van der Waals surface area contributed by atoms with Crippen LogP contribution in [-0.2, 0) is 4.84 Å². The first-order valence-corrected chi connectivity index (χ1v) is 4.66. The van der Waals surface area contributed by atoms with Crippen molar-refractivity contribution in [3.8, 4) is 0 Å². The maximum atomic E-state index is 11.0. The van der Waals surface area contributed by atoms with Gasteiger partial charge in [0.2, 0.25) is 0 Å². The molecule has 13 heavy (non-hydrogen) atoms. The molecule has 1 aromatic rings. The van der Waals surface area contributed by atoms with Gasteiger partial charge in [0.05, 0.1) is 7.11 Å². The van der Waals surface area contributed by atoms with E-state index < -0.39 is 0 Å². The van der Waals surface area contributed by atoms with Crippen molar-refractivity contribution < 1.29 is 9.63 Å². The number of hydrogen-bond acceptors (Lipinski definition) is 2. The fourth-order valence-corrected chi connectivity index (χ4v) is 1.36. The van der Waals surface area contributed by atoms with Gasteiger partial charge in [0, 0.05) is 9.26 Å². The number of nitrogens with one attached hydrogen (secondary N) is 2. The molecule has 1 aromatic carbocycles. The lowest BCUT2D eigenvalue weighted by Crippen LogP contribution is -2.27. The molecule has 0 atom stereocenters. The largest absolute Gasteiger partial charge is 0.343 e. The van der Waals surface area contributed by atoms with Crippen LogP contribution < -0.4 is 10.8 Å². The summed E-state index contributed by atoms with van der Waals surface area (Å²) < 4.78 is 1.06. The average Bonchev–Trinajstić information content (AvgIpc) is 2.04. The number of amides is 2. The van der Waals surface area contributed by atoms with Crippen LogP contribution in [-0.4, -0.2) is 13.1 Å². The number of rotatable bonds is 2. The van der Waals surface area contributed by atoms with E-state index in [1.165, 1.54) is 7.11 Å². The molecule has 0 heterocycles. The smallest absolute Gasteiger partial charge is 0.306 e. The molecule has 0 saturated heterocycles. The topological polar surface area (TPSA) is 50.4 Å². The number of benzene rings is 1. The molecule has 0 aromatic heterocycles. The molecule has 2 amide bonds. The third kappa shape index (κ3) is 3.60. The van der Waals surface area contributed by atoms with Crippen LogP contribution in [0.2, 0.25) is 0 Å². The monoisotopic (exact) mass is 292 g/mol. The zero-order valence-electron chi connectivity index (χ0n) is 7.00. The van der Waals surface area contributed by atoms with Crippen molar-refractivity contribution in [2.24, 2.45) is 0 Å². The van der Waals surface area contributed by atoms with E-state index in [0.29, 0.717) is 0 Å². The van der Waals surface area contributed by atoms with E-state index in [2.05, 4.69) is 38.2 Å². The van der Waals surface area contributed by atoms with Crippen molar-refractivity contribution in [1.29, 1.82) is 0 Å². The molecular formula is C8H9IN2O2. The van der Waals surface area contributed by atoms with Crippen molar-refractivity contribution in [3.63, 3.8) is 0 Å². The van der Waals surface area contributed by atoms with Gasteiger partial charge in [0.1, 0.15) is 0 Å². The minimum Gasteiger partial charge on any atom is -0.306 e. The van der Waals surface area contributed by atoms with Gasteiger partial charge in [-0.1, -0.05) is 6.07 Å². The van der Waals surface area contributed by atoms with E-state index in [1.54, 1.807) is 6.07 Å². The quantitative estimate of drug-likeness (QED) is 0.647. The standard InChI is InChI=1S/C8H9IN2O2/c1-13-11-8(12)10-7-4-2-3-6(9)5-7/h2-5H,1H3,(H2,10,11,12). The molecule has 0 radical (unpaired) electrons. The lowest BCUT2D eigenvalue weighted by molar-refractivity contribution is 0.114. The Kier molecular flexibility index (Phi) is 3.97. The molecule has 0 aliphatic rings. The Hall–Kier alpha value is -0.820. The molecule has 0 aliphatic heterocycles. The Bertz CT molecular complexity index is 304. The number of urea groups is 1. The summed E-state index contributed by atoms with van der Waals surface area (Å²) >= 11 is 2.17. The van der Waals surface area contributed by atoms with Crippen LogP contribution in [0.15, 0.2) is 24.3 Å². The fraction of sp³-hybridized carbons (Fsp3) is 0.125. The van der Waals surface area contributed by atoms with Crippen LogP contribution in [0, 0.1) is 3.57 Å². The number of hydrogen-bond donors (Lipinski definition) is 2. The van der Waals surface area contributed by atoms with Crippen LogP contribution in [0.4, 0.5) is 10.5 Å². The number of carbonyl (C=O) groups excluding carboxylic acids is 1. The molecule has 1 rings (SSSR count). The first-order valence-electron chi connectivity index (χ1n) is 3.58. The van der Waals surface area contributed by atoms with Gasteiger partial charge < -0.3 is 5.32 Å². The molecule has 0 aliphatic carbocycles. The first-order chi connectivity index (χ1) is 6.22. The summed E-state index contributed by atoms with van der Waals surface area (Å²) in [5.74, 6) is 0. The summed E-state index contributed by atoms with van der Waals surface area (Å²) in [5, 5.41) is 2.60. The van der Waals surface area contributed by atoms with Crippen LogP contribution >= 0.6 is 22.6 Å². The number of hydroxylamine groups is 1. The van der Waals surface area contributed by atoms with Gasteiger partial charge >= 0.3 is 6.03 Å². The van der Waals surface area contributed by atoms with Crippen molar-refractivity contribution in [1.82, 2.24) is 5.48 Å². The molecule has 4 nitrogen and oxygen atoms in total. The summed E-state index contributed by atoms with van der Waals surface area (Å²) in [6.45, 7) is 0. The van der Waals surface area contributed by atoms with E-state index in [0.717, 1.165) is 9.26 Å². The minimum atomic E-state index is -0.385. The highest BCUT2D eigenvalue weighted by Crippen LogP contribution is 2.11. The average molecular weight is 292 g/mol. The molecule has 0 saturated carbocycles. The molecule has 5 heteroatoms. The predicted octanol–water partition coefficient (Wildman–Crippen LogP) is 1.97. The molecule has 0 bridgehead atoms. The minimum absolute atomic E-state index is 0.385. The van der Waals surface area contributed by atoms with E-state index in [1.807, 2.05) is 18.2 Å². The van der Waals surface area contributed by atoms with E-state index in [-0.39, 0.29) is 6.03 Å². The van der Waals surface area contributed by atoms with Gasteiger partial charge in [-0.15, -0.1) is 0 Å².